The van der Waals surface area contributed by atoms with Crippen molar-refractivity contribution in [1.82, 2.24) is 0 Å². The van der Waals surface area contributed by atoms with Crippen molar-refractivity contribution in [3.8, 4) is 0 Å². The standard InChI is InChI=1S/C14H12O2/c1-9(2)11-8-7-10-5-3-4-6-12(10)13(11)14(15)16/h3-8H,1H2,2H3,(H,15,16). The summed E-state index contributed by atoms with van der Waals surface area (Å²) in [4.78, 5) is 11.3. The van der Waals surface area contributed by atoms with Gasteiger partial charge in [0.15, 0.2) is 0 Å². The van der Waals surface area contributed by atoms with E-state index in [0.717, 1.165) is 16.3 Å². The van der Waals surface area contributed by atoms with Gasteiger partial charge < -0.3 is 5.11 Å². The molecule has 0 spiro atoms. The van der Waals surface area contributed by atoms with Crippen LogP contribution < -0.4 is 0 Å². The molecule has 80 valence electrons. The summed E-state index contributed by atoms with van der Waals surface area (Å²) in [6.45, 7) is 5.63. The molecule has 0 heterocycles. The molecule has 0 aliphatic carbocycles. The number of carbonyl (C=O) groups is 1. The normalized spacial score (nSPS) is 10.3. The summed E-state index contributed by atoms with van der Waals surface area (Å²) in [5.41, 5.74) is 1.81. The second-order valence-corrected chi connectivity index (χ2v) is 3.79. The maximum Gasteiger partial charge on any atom is 0.336 e. The van der Waals surface area contributed by atoms with Gasteiger partial charge in [-0.25, -0.2) is 4.79 Å². The number of fused-ring (bicyclic) bond motifs is 1. The van der Waals surface area contributed by atoms with Crippen molar-refractivity contribution in [3.05, 3.63) is 54.1 Å². The number of carboxylic acids is 1. The zero-order valence-corrected chi connectivity index (χ0v) is 9.03. The third-order valence-corrected chi connectivity index (χ3v) is 2.60. The van der Waals surface area contributed by atoms with Gasteiger partial charge in [0.1, 0.15) is 0 Å². The van der Waals surface area contributed by atoms with E-state index in [-0.39, 0.29) is 0 Å². The first kappa shape index (κ1) is 10.4. The summed E-state index contributed by atoms with van der Waals surface area (Å²) in [6, 6.07) is 11.2. The van der Waals surface area contributed by atoms with E-state index in [2.05, 4.69) is 6.58 Å². The molecule has 0 aromatic heterocycles. The average molecular weight is 212 g/mol. The molecular weight excluding hydrogens is 200 g/mol. The second kappa shape index (κ2) is 3.81. The fourth-order valence-corrected chi connectivity index (χ4v) is 1.86. The lowest BCUT2D eigenvalue weighted by Gasteiger charge is -2.09. The van der Waals surface area contributed by atoms with Crippen LogP contribution in [0, 0.1) is 0 Å². The highest BCUT2D eigenvalue weighted by atomic mass is 16.4. The van der Waals surface area contributed by atoms with E-state index in [1.54, 1.807) is 0 Å². The summed E-state index contributed by atoms with van der Waals surface area (Å²) in [7, 11) is 0. The van der Waals surface area contributed by atoms with Gasteiger partial charge in [0.05, 0.1) is 5.56 Å². The van der Waals surface area contributed by atoms with Crippen LogP contribution in [0.25, 0.3) is 16.3 Å². The quantitative estimate of drug-likeness (QED) is 0.826. The van der Waals surface area contributed by atoms with E-state index in [0.29, 0.717) is 11.1 Å². The minimum atomic E-state index is -0.908. The number of allylic oxidation sites excluding steroid dienone is 1. The Balaban J connectivity index is 2.90. The Morgan fingerprint density at radius 2 is 1.88 bits per heavy atom. The molecule has 0 atom stereocenters. The van der Waals surface area contributed by atoms with E-state index in [9.17, 15) is 9.90 Å². The molecule has 0 saturated heterocycles. The SMILES string of the molecule is C=C(C)c1ccc2ccccc2c1C(=O)O. The first-order chi connectivity index (χ1) is 7.61. The molecular formula is C14H12O2. The van der Waals surface area contributed by atoms with Crippen LogP contribution in [0.3, 0.4) is 0 Å². The summed E-state index contributed by atoms with van der Waals surface area (Å²) in [5.74, 6) is -0.908. The van der Waals surface area contributed by atoms with Crippen LogP contribution in [-0.2, 0) is 0 Å². The van der Waals surface area contributed by atoms with Crippen LogP contribution in [0.1, 0.15) is 22.8 Å². The number of benzene rings is 2. The number of rotatable bonds is 2. The summed E-state index contributed by atoms with van der Waals surface area (Å²) < 4.78 is 0. The van der Waals surface area contributed by atoms with Crippen LogP contribution in [0.15, 0.2) is 43.0 Å². The van der Waals surface area contributed by atoms with E-state index < -0.39 is 5.97 Å². The van der Waals surface area contributed by atoms with Crippen LogP contribution >= 0.6 is 0 Å². The molecule has 0 amide bonds. The summed E-state index contributed by atoms with van der Waals surface area (Å²) in [5, 5.41) is 11.0. The molecule has 0 unspecified atom stereocenters. The van der Waals surface area contributed by atoms with Crippen LogP contribution in [0.2, 0.25) is 0 Å². The van der Waals surface area contributed by atoms with Gasteiger partial charge in [-0.05, 0) is 23.3 Å². The molecule has 2 heteroatoms. The first-order valence-electron chi connectivity index (χ1n) is 5.02. The lowest BCUT2D eigenvalue weighted by Crippen LogP contribution is -2.02. The molecule has 2 nitrogen and oxygen atoms in total. The number of hydrogen-bond acceptors (Lipinski definition) is 1. The Kier molecular flexibility index (Phi) is 2.49. The Labute approximate surface area is 93.8 Å². The highest BCUT2D eigenvalue weighted by Gasteiger charge is 2.14. The Morgan fingerprint density at radius 3 is 2.50 bits per heavy atom. The lowest BCUT2D eigenvalue weighted by atomic mass is 9.95. The molecule has 1 N–H and O–H groups in total. The Bertz CT molecular complexity index is 582. The highest BCUT2D eigenvalue weighted by Crippen LogP contribution is 2.26. The monoisotopic (exact) mass is 212 g/mol. The maximum atomic E-state index is 11.3. The van der Waals surface area contributed by atoms with Crippen LogP contribution in [0.5, 0.6) is 0 Å². The molecule has 2 aromatic carbocycles. The molecule has 0 aliphatic rings. The Morgan fingerprint density at radius 1 is 1.19 bits per heavy atom. The molecule has 16 heavy (non-hydrogen) atoms. The van der Waals surface area contributed by atoms with Crippen molar-refractivity contribution in [2.45, 2.75) is 6.92 Å². The molecule has 0 saturated carbocycles. The van der Waals surface area contributed by atoms with Gasteiger partial charge in [-0.15, -0.1) is 0 Å². The third-order valence-electron chi connectivity index (χ3n) is 2.60. The third kappa shape index (κ3) is 1.58. The number of hydrogen-bond donors (Lipinski definition) is 1. The van der Waals surface area contributed by atoms with E-state index in [4.69, 9.17) is 0 Å². The molecule has 2 aromatic rings. The van der Waals surface area contributed by atoms with Gasteiger partial charge in [0, 0.05) is 0 Å². The van der Waals surface area contributed by atoms with Crippen molar-refractivity contribution in [1.29, 1.82) is 0 Å². The second-order valence-electron chi connectivity index (χ2n) is 3.79. The highest BCUT2D eigenvalue weighted by molar-refractivity contribution is 6.07. The first-order valence-corrected chi connectivity index (χ1v) is 5.02. The summed E-state index contributed by atoms with van der Waals surface area (Å²) >= 11 is 0. The smallest absolute Gasteiger partial charge is 0.336 e. The molecule has 0 radical (unpaired) electrons. The van der Waals surface area contributed by atoms with Gasteiger partial charge in [-0.1, -0.05) is 48.6 Å². The fraction of sp³-hybridized carbons (Fsp3) is 0.0714. The van der Waals surface area contributed by atoms with Gasteiger partial charge in [-0.3, -0.25) is 0 Å². The predicted octanol–water partition coefficient (Wildman–Crippen LogP) is 3.57. The van der Waals surface area contributed by atoms with Gasteiger partial charge in [-0.2, -0.15) is 0 Å². The molecule has 0 bridgehead atoms. The van der Waals surface area contributed by atoms with Gasteiger partial charge in [0.2, 0.25) is 0 Å². The van der Waals surface area contributed by atoms with Crippen molar-refractivity contribution in [2.24, 2.45) is 0 Å². The van der Waals surface area contributed by atoms with E-state index >= 15 is 0 Å². The van der Waals surface area contributed by atoms with Gasteiger partial charge in [0.25, 0.3) is 0 Å². The minimum absolute atomic E-state index is 0.339. The number of aromatic carboxylic acids is 1. The van der Waals surface area contributed by atoms with Crippen LogP contribution in [-0.4, -0.2) is 11.1 Å². The minimum Gasteiger partial charge on any atom is -0.478 e. The van der Waals surface area contributed by atoms with Crippen molar-refractivity contribution in [2.75, 3.05) is 0 Å². The van der Waals surface area contributed by atoms with Crippen LogP contribution in [0.4, 0.5) is 0 Å². The number of carboxylic acid groups (broad SMARTS) is 1. The molecule has 0 fully saturated rings. The van der Waals surface area contributed by atoms with E-state index in [1.165, 1.54) is 0 Å². The molecule has 0 aliphatic heterocycles. The fourth-order valence-electron chi connectivity index (χ4n) is 1.86. The largest absolute Gasteiger partial charge is 0.478 e. The van der Waals surface area contributed by atoms with Crippen molar-refractivity contribution < 1.29 is 9.90 Å². The topological polar surface area (TPSA) is 37.3 Å². The predicted molar refractivity (Wildman–Crippen MR) is 65.6 cm³/mol. The van der Waals surface area contributed by atoms with Crippen molar-refractivity contribution in [3.63, 3.8) is 0 Å². The lowest BCUT2D eigenvalue weighted by molar-refractivity contribution is 0.0698. The average Bonchev–Trinajstić information content (AvgIpc) is 2.27. The zero-order chi connectivity index (χ0) is 11.7. The Hall–Kier alpha value is -2.09. The summed E-state index contributed by atoms with van der Waals surface area (Å²) in [6.07, 6.45) is 0. The van der Waals surface area contributed by atoms with Crippen molar-refractivity contribution >= 4 is 22.3 Å². The van der Waals surface area contributed by atoms with E-state index in [1.807, 2.05) is 43.3 Å². The zero-order valence-electron chi connectivity index (χ0n) is 9.03. The maximum absolute atomic E-state index is 11.3. The van der Waals surface area contributed by atoms with Gasteiger partial charge >= 0.3 is 5.97 Å². The molecule has 2 rings (SSSR count).